The zero-order chi connectivity index (χ0) is 11.0. The Bertz CT molecular complexity index is 329. The van der Waals surface area contributed by atoms with Gasteiger partial charge in [0.15, 0.2) is 0 Å². The van der Waals surface area contributed by atoms with Gasteiger partial charge in [-0.15, -0.1) is 0 Å². The molecular weight excluding hydrogens is 268 g/mol. The lowest BCUT2D eigenvalue weighted by atomic mass is 9.87. The number of hydrogen-bond acceptors (Lipinski definition) is 2. The zero-order valence-electron chi connectivity index (χ0n) is 7.14. The quantitative estimate of drug-likeness (QED) is 0.406. The highest BCUT2D eigenvalue weighted by Crippen LogP contribution is 2.48. The number of nitrogens with zero attached hydrogens (tertiary/aromatic N) is 1. The molecule has 2 nitrogen and oxygen atoms in total. The molecule has 0 aromatic heterocycles. The SMILES string of the molecule is C[C@]1(C(Cl)(Cl)Cl)C=C/C(=N\O)C(Cl)=C1. The Morgan fingerprint density at radius 2 is 2.00 bits per heavy atom. The first kappa shape index (κ1) is 12.2. The summed E-state index contributed by atoms with van der Waals surface area (Å²) in [6, 6.07) is 0. The van der Waals surface area contributed by atoms with E-state index in [0.29, 0.717) is 0 Å². The Hall–Kier alpha value is 0.110. The van der Waals surface area contributed by atoms with Crippen LogP contribution in [0.25, 0.3) is 0 Å². The lowest BCUT2D eigenvalue weighted by molar-refractivity contribution is 0.319. The third-order valence-corrected chi connectivity index (χ3v) is 3.50. The Morgan fingerprint density at radius 3 is 2.36 bits per heavy atom. The Kier molecular flexibility index (Phi) is 3.42. The van der Waals surface area contributed by atoms with Crippen molar-refractivity contribution in [3.63, 3.8) is 0 Å². The van der Waals surface area contributed by atoms with Gasteiger partial charge in [0.25, 0.3) is 0 Å². The third kappa shape index (κ3) is 2.19. The molecule has 6 heteroatoms. The Labute approximate surface area is 102 Å². The molecule has 0 heterocycles. The number of halogens is 4. The van der Waals surface area contributed by atoms with Crippen LogP contribution in [0.15, 0.2) is 28.4 Å². The molecule has 78 valence electrons. The van der Waals surface area contributed by atoms with Gasteiger partial charge in [-0.05, 0) is 19.1 Å². The summed E-state index contributed by atoms with van der Waals surface area (Å²) in [6.45, 7) is 1.72. The highest BCUT2D eigenvalue weighted by molar-refractivity contribution is 6.68. The zero-order valence-corrected chi connectivity index (χ0v) is 10.2. The van der Waals surface area contributed by atoms with E-state index in [0.717, 1.165) is 0 Å². The molecule has 1 aliphatic rings. The van der Waals surface area contributed by atoms with Crippen molar-refractivity contribution >= 4 is 52.1 Å². The molecule has 0 aromatic rings. The first-order valence-corrected chi connectivity index (χ1v) is 5.18. The lowest BCUT2D eigenvalue weighted by Gasteiger charge is -2.32. The fourth-order valence-corrected chi connectivity index (χ4v) is 1.65. The minimum absolute atomic E-state index is 0.249. The summed E-state index contributed by atoms with van der Waals surface area (Å²) in [6.07, 6.45) is 4.67. The predicted molar refractivity (Wildman–Crippen MR) is 60.7 cm³/mol. The van der Waals surface area contributed by atoms with Gasteiger partial charge in [0, 0.05) is 0 Å². The van der Waals surface area contributed by atoms with Crippen molar-refractivity contribution in [2.45, 2.75) is 10.7 Å². The van der Waals surface area contributed by atoms with Crippen molar-refractivity contribution in [1.29, 1.82) is 0 Å². The monoisotopic (exact) mass is 273 g/mol. The number of oxime groups is 1. The van der Waals surface area contributed by atoms with Crippen LogP contribution in [0.2, 0.25) is 0 Å². The normalized spacial score (nSPS) is 30.6. The molecule has 0 bridgehead atoms. The van der Waals surface area contributed by atoms with Crippen LogP contribution in [0.4, 0.5) is 0 Å². The van der Waals surface area contributed by atoms with E-state index in [2.05, 4.69) is 5.16 Å². The molecule has 1 rings (SSSR count). The topological polar surface area (TPSA) is 32.6 Å². The molecule has 1 N–H and O–H groups in total. The summed E-state index contributed by atoms with van der Waals surface area (Å²) in [4.78, 5) is 0. The summed E-state index contributed by atoms with van der Waals surface area (Å²) in [5, 5.41) is 11.8. The van der Waals surface area contributed by atoms with E-state index >= 15 is 0 Å². The van der Waals surface area contributed by atoms with Crippen LogP contribution in [0, 0.1) is 5.41 Å². The maximum atomic E-state index is 8.55. The summed E-state index contributed by atoms with van der Waals surface area (Å²) in [5.74, 6) is 0. The van der Waals surface area contributed by atoms with E-state index in [4.69, 9.17) is 51.6 Å². The van der Waals surface area contributed by atoms with E-state index in [1.54, 1.807) is 13.0 Å². The molecule has 14 heavy (non-hydrogen) atoms. The second-order valence-electron chi connectivity index (χ2n) is 3.09. The summed E-state index contributed by atoms with van der Waals surface area (Å²) in [5.41, 5.74) is -0.554. The van der Waals surface area contributed by atoms with Gasteiger partial charge in [-0.2, -0.15) is 0 Å². The van der Waals surface area contributed by atoms with E-state index in [-0.39, 0.29) is 10.7 Å². The van der Waals surface area contributed by atoms with Crippen LogP contribution in [0.1, 0.15) is 6.92 Å². The van der Waals surface area contributed by atoms with Gasteiger partial charge in [0.1, 0.15) is 5.71 Å². The molecule has 0 amide bonds. The Morgan fingerprint density at radius 1 is 1.43 bits per heavy atom. The number of rotatable bonds is 0. The summed E-state index contributed by atoms with van der Waals surface area (Å²) >= 11 is 23.2. The second kappa shape index (κ2) is 3.93. The predicted octanol–water partition coefficient (Wildman–Crippen LogP) is 3.89. The first-order valence-electron chi connectivity index (χ1n) is 3.67. The van der Waals surface area contributed by atoms with Gasteiger partial charge in [-0.25, -0.2) is 0 Å². The average Bonchev–Trinajstić information content (AvgIpc) is 2.02. The molecule has 0 saturated carbocycles. The highest BCUT2D eigenvalue weighted by atomic mass is 35.6. The average molecular weight is 275 g/mol. The van der Waals surface area contributed by atoms with Crippen molar-refractivity contribution in [1.82, 2.24) is 0 Å². The number of hydrogen-bond donors (Lipinski definition) is 1. The minimum atomic E-state index is -1.50. The number of alkyl halides is 3. The fraction of sp³-hybridized carbons (Fsp3) is 0.375. The van der Waals surface area contributed by atoms with E-state index < -0.39 is 9.21 Å². The van der Waals surface area contributed by atoms with Crippen molar-refractivity contribution in [2.75, 3.05) is 0 Å². The van der Waals surface area contributed by atoms with Crippen molar-refractivity contribution in [2.24, 2.45) is 10.6 Å². The molecule has 0 radical (unpaired) electrons. The molecular formula is C8H7Cl4NO. The van der Waals surface area contributed by atoms with Crippen molar-refractivity contribution in [3.8, 4) is 0 Å². The van der Waals surface area contributed by atoms with Crippen molar-refractivity contribution in [3.05, 3.63) is 23.3 Å². The van der Waals surface area contributed by atoms with Gasteiger partial charge in [0.2, 0.25) is 3.79 Å². The molecule has 0 spiro atoms. The molecule has 0 aromatic carbocycles. The molecule has 0 aliphatic heterocycles. The van der Waals surface area contributed by atoms with Crippen LogP contribution in [-0.4, -0.2) is 14.7 Å². The van der Waals surface area contributed by atoms with Gasteiger partial charge >= 0.3 is 0 Å². The van der Waals surface area contributed by atoms with Gasteiger partial charge in [-0.1, -0.05) is 57.6 Å². The fourth-order valence-electron chi connectivity index (χ4n) is 0.974. The summed E-state index contributed by atoms with van der Waals surface area (Å²) in [7, 11) is 0. The number of allylic oxidation sites excluding steroid dienone is 4. The van der Waals surface area contributed by atoms with E-state index in [9.17, 15) is 0 Å². The van der Waals surface area contributed by atoms with E-state index in [1.807, 2.05) is 0 Å². The van der Waals surface area contributed by atoms with Crippen LogP contribution in [-0.2, 0) is 0 Å². The van der Waals surface area contributed by atoms with Crippen LogP contribution in [0.3, 0.4) is 0 Å². The Balaban J connectivity index is 3.11. The maximum Gasteiger partial charge on any atom is 0.202 e. The van der Waals surface area contributed by atoms with Crippen LogP contribution >= 0.6 is 46.4 Å². The first-order chi connectivity index (χ1) is 6.30. The summed E-state index contributed by atoms with van der Waals surface area (Å²) < 4.78 is -1.50. The molecule has 0 saturated heterocycles. The van der Waals surface area contributed by atoms with E-state index in [1.165, 1.54) is 12.2 Å². The molecule has 0 unspecified atom stereocenters. The third-order valence-electron chi connectivity index (χ3n) is 1.98. The largest absolute Gasteiger partial charge is 0.410 e. The maximum absolute atomic E-state index is 8.55. The van der Waals surface area contributed by atoms with Crippen LogP contribution in [0.5, 0.6) is 0 Å². The minimum Gasteiger partial charge on any atom is -0.410 e. The lowest BCUT2D eigenvalue weighted by Crippen LogP contribution is -2.30. The molecule has 1 atom stereocenters. The smallest absolute Gasteiger partial charge is 0.202 e. The van der Waals surface area contributed by atoms with Gasteiger partial charge in [0.05, 0.1) is 10.4 Å². The second-order valence-corrected chi connectivity index (χ2v) is 5.78. The van der Waals surface area contributed by atoms with Gasteiger partial charge < -0.3 is 5.21 Å². The highest BCUT2D eigenvalue weighted by Gasteiger charge is 2.42. The molecule has 0 fully saturated rings. The van der Waals surface area contributed by atoms with Crippen LogP contribution < -0.4 is 0 Å². The van der Waals surface area contributed by atoms with Crippen molar-refractivity contribution < 1.29 is 5.21 Å². The van der Waals surface area contributed by atoms with Gasteiger partial charge in [-0.3, -0.25) is 0 Å². The molecule has 1 aliphatic carbocycles. The standard InChI is InChI=1S/C8H7Cl4NO/c1-7(8(10,11)12)3-2-6(13-14)5(9)4-7/h2-4,14H,1H3/b13-6+/t7-/m0/s1.